The van der Waals surface area contributed by atoms with Gasteiger partial charge in [0.05, 0.1) is 18.0 Å². The highest BCUT2D eigenvalue weighted by atomic mass is 16.6. The first-order valence-electron chi connectivity index (χ1n) is 9.09. The van der Waals surface area contributed by atoms with Crippen LogP contribution in [-0.2, 0) is 14.5 Å². The first kappa shape index (κ1) is 21.2. The van der Waals surface area contributed by atoms with Gasteiger partial charge in [-0.2, -0.15) is 0 Å². The average Bonchev–Trinajstić information content (AvgIpc) is 2.56. The maximum Gasteiger partial charge on any atom is 0.135 e. The third-order valence-electron chi connectivity index (χ3n) is 3.68. The van der Waals surface area contributed by atoms with Gasteiger partial charge in [0.15, 0.2) is 0 Å². The van der Waals surface area contributed by atoms with Crippen LogP contribution in [0.4, 0.5) is 0 Å². The van der Waals surface area contributed by atoms with E-state index in [0.29, 0.717) is 19.8 Å². The SMILES string of the molecule is C=CCO/N=C(\CCC)C1=C(NOCC)CC(C)(C)C/C1=N\OCC. The second-order valence-corrected chi connectivity index (χ2v) is 6.73. The molecule has 1 aliphatic carbocycles. The Bertz CT molecular complexity index is 522. The number of hydroxylamine groups is 1. The second kappa shape index (κ2) is 10.9. The highest BCUT2D eigenvalue weighted by Crippen LogP contribution is 2.37. The van der Waals surface area contributed by atoms with Crippen LogP contribution in [0.25, 0.3) is 0 Å². The molecule has 6 heteroatoms. The Kier molecular flexibility index (Phi) is 9.27. The van der Waals surface area contributed by atoms with Gasteiger partial charge in [0.1, 0.15) is 13.2 Å². The smallest absolute Gasteiger partial charge is 0.135 e. The summed E-state index contributed by atoms with van der Waals surface area (Å²) in [5.74, 6) is 0. The molecule has 0 radical (unpaired) electrons. The lowest BCUT2D eigenvalue weighted by atomic mass is 9.74. The summed E-state index contributed by atoms with van der Waals surface area (Å²) in [6.07, 6.45) is 5.07. The summed E-state index contributed by atoms with van der Waals surface area (Å²) >= 11 is 0. The Labute approximate surface area is 151 Å². The molecule has 0 heterocycles. The number of hydrogen-bond acceptors (Lipinski definition) is 6. The molecule has 25 heavy (non-hydrogen) atoms. The van der Waals surface area contributed by atoms with Crippen molar-refractivity contribution in [2.75, 3.05) is 19.8 Å². The van der Waals surface area contributed by atoms with Gasteiger partial charge in [0.25, 0.3) is 0 Å². The topological polar surface area (TPSA) is 64.4 Å². The van der Waals surface area contributed by atoms with E-state index in [1.165, 1.54) is 0 Å². The Balaban J connectivity index is 3.36. The van der Waals surface area contributed by atoms with Crippen LogP contribution in [0.15, 0.2) is 34.2 Å². The molecule has 0 aromatic heterocycles. The molecule has 1 N–H and O–H groups in total. The summed E-state index contributed by atoms with van der Waals surface area (Å²) in [5, 5.41) is 8.72. The normalized spacial score (nSPS) is 19.1. The summed E-state index contributed by atoms with van der Waals surface area (Å²) in [5.41, 5.74) is 6.83. The summed E-state index contributed by atoms with van der Waals surface area (Å²) in [6, 6.07) is 0. The summed E-state index contributed by atoms with van der Waals surface area (Å²) in [6.45, 7) is 15.6. The molecule has 0 unspecified atom stereocenters. The van der Waals surface area contributed by atoms with Crippen molar-refractivity contribution >= 4 is 11.4 Å². The van der Waals surface area contributed by atoms with Gasteiger partial charge in [-0.3, -0.25) is 10.3 Å². The summed E-state index contributed by atoms with van der Waals surface area (Å²) < 4.78 is 0. The quantitative estimate of drug-likeness (QED) is 0.260. The standard InChI is InChI=1S/C19H33N3O3/c1-7-11-15(20-25-12-8-2)18-16(21-23-9-3)13-19(5,6)14-17(18)22-24-10-4/h8,21H,2,7,9-14H2,1,3-6H3/b20-15+,22-17+. The predicted octanol–water partition coefficient (Wildman–Crippen LogP) is 4.35. The maximum absolute atomic E-state index is 5.49. The monoisotopic (exact) mass is 351 g/mol. The van der Waals surface area contributed by atoms with E-state index in [1.807, 2.05) is 13.8 Å². The lowest BCUT2D eigenvalue weighted by molar-refractivity contribution is 0.0656. The van der Waals surface area contributed by atoms with Gasteiger partial charge in [-0.05, 0) is 38.5 Å². The van der Waals surface area contributed by atoms with Gasteiger partial charge >= 0.3 is 0 Å². The molecule has 0 aliphatic heterocycles. The van der Waals surface area contributed by atoms with Crippen LogP contribution < -0.4 is 5.48 Å². The van der Waals surface area contributed by atoms with Gasteiger partial charge in [-0.15, -0.1) is 0 Å². The fraction of sp³-hybridized carbons (Fsp3) is 0.684. The minimum Gasteiger partial charge on any atom is -0.396 e. The molecule has 0 amide bonds. The van der Waals surface area contributed by atoms with Gasteiger partial charge in [0, 0.05) is 11.3 Å². The zero-order valence-corrected chi connectivity index (χ0v) is 16.4. The van der Waals surface area contributed by atoms with Gasteiger partial charge in [0.2, 0.25) is 0 Å². The summed E-state index contributed by atoms with van der Waals surface area (Å²) in [4.78, 5) is 16.2. The average molecular weight is 351 g/mol. The minimum atomic E-state index is 0.0537. The number of nitrogens with zero attached hydrogens (tertiary/aromatic N) is 2. The molecule has 0 atom stereocenters. The molecule has 0 saturated heterocycles. The minimum absolute atomic E-state index is 0.0537. The Hall–Kier alpha value is -1.82. The van der Waals surface area contributed by atoms with Crippen molar-refractivity contribution in [3.8, 4) is 0 Å². The Morgan fingerprint density at radius 1 is 1.20 bits per heavy atom. The number of hydrogen-bond donors (Lipinski definition) is 1. The highest BCUT2D eigenvalue weighted by molar-refractivity contribution is 6.25. The van der Waals surface area contributed by atoms with E-state index in [2.05, 4.69) is 43.1 Å². The van der Waals surface area contributed by atoms with Crippen molar-refractivity contribution in [2.24, 2.45) is 15.7 Å². The van der Waals surface area contributed by atoms with E-state index in [0.717, 1.165) is 48.4 Å². The Morgan fingerprint density at radius 2 is 1.96 bits per heavy atom. The number of oxime groups is 2. The molecular formula is C19H33N3O3. The fourth-order valence-electron chi connectivity index (χ4n) is 2.77. The van der Waals surface area contributed by atoms with E-state index in [9.17, 15) is 0 Å². The lowest BCUT2D eigenvalue weighted by Gasteiger charge is -2.34. The van der Waals surface area contributed by atoms with Gasteiger partial charge in [-0.1, -0.05) is 50.2 Å². The highest BCUT2D eigenvalue weighted by Gasteiger charge is 2.34. The number of allylic oxidation sites excluding steroid dienone is 2. The van der Waals surface area contributed by atoms with Crippen LogP contribution >= 0.6 is 0 Å². The van der Waals surface area contributed by atoms with Crippen LogP contribution in [0.3, 0.4) is 0 Å². The number of rotatable bonds is 11. The lowest BCUT2D eigenvalue weighted by Crippen LogP contribution is -2.34. The zero-order chi connectivity index (χ0) is 18.7. The van der Waals surface area contributed by atoms with Crippen LogP contribution in [0.1, 0.15) is 60.3 Å². The largest absolute Gasteiger partial charge is 0.396 e. The van der Waals surface area contributed by atoms with Crippen LogP contribution in [0.2, 0.25) is 0 Å². The second-order valence-electron chi connectivity index (χ2n) is 6.73. The van der Waals surface area contributed by atoms with Crippen LogP contribution in [-0.4, -0.2) is 31.2 Å². The third kappa shape index (κ3) is 6.90. The van der Waals surface area contributed by atoms with Crippen LogP contribution in [0, 0.1) is 5.41 Å². The van der Waals surface area contributed by atoms with E-state index >= 15 is 0 Å². The molecule has 6 nitrogen and oxygen atoms in total. The fourth-order valence-corrected chi connectivity index (χ4v) is 2.77. The molecular weight excluding hydrogens is 318 g/mol. The number of nitrogens with one attached hydrogen (secondary N) is 1. The van der Waals surface area contributed by atoms with E-state index in [4.69, 9.17) is 14.5 Å². The molecule has 0 fully saturated rings. The van der Waals surface area contributed by atoms with E-state index in [-0.39, 0.29) is 5.41 Å². The van der Waals surface area contributed by atoms with Crippen molar-refractivity contribution in [1.82, 2.24) is 5.48 Å². The van der Waals surface area contributed by atoms with E-state index in [1.54, 1.807) is 6.08 Å². The Morgan fingerprint density at radius 3 is 2.56 bits per heavy atom. The molecule has 0 bridgehead atoms. The van der Waals surface area contributed by atoms with Crippen LogP contribution in [0.5, 0.6) is 0 Å². The molecule has 0 spiro atoms. The maximum atomic E-state index is 5.49. The van der Waals surface area contributed by atoms with Crippen molar-refractivity contribution < 1.29 is 14.5 Å². The van der Waals surface area contributed by atoms with Crippen molar-refractivity contribution in [3.63, 3.8) is 0 Å². The van der Waals surface area contributed by atoms with Crippen molar-refractivity contribution in [2.45, 2.75) is 60.3 Å². The molecule has 0 aromatic carbocycles. The predicted molar refractivity (Wildman–Crippen MR) is 102 cm³/mol. The van der Waals surface area contributed by atoms with E-state index < -0.39 is 0 Å². The molecule has 0 aromatic rings. The summed E-state index contributed by atoms with van der Waals surface area (Å²) in [7, 11) is 0. The first-order valence-corrected chi connectivity index (χ1v) is 9.09. The molecule has 0 saturated carbocycles. The first-order chi connectivity index (χ1) is 12.0. The third-order valence-corrected chi connectivity index (χ3v) is 3.68. The zero-order valence-electron chi connectivity index (χ0n) is 16.4. The van der Waals surface area contributed by atoms with Crippen molar-refractivity contribution in [3.05, 3.63) is 23.9 Å². The van der Waals surface area contributed by atoms with Gasteiger partial charge in [-0.25, -0.2) is 0 Å². The van der Waals surface area contributed by atoms with Crippen molar-refractivity contribution in [1.29, 1.82) is 0 Å². The molecule has 142 valence electrons. The van der Waals surface area contributed by atoms with Gasteiger partial charge < -0.3 is 9.68 Å². The molecule has 1 aliphatic rings. The molecule has 1 rings (SSSR count).